The number of hydrogen-bond acceptors (Lipinski definition) is 6. The maximum atomic E-state index is 12.2. The van der Waals surface area contributed by atoms with Crippen LogP contribution in [0.25, 0.3) is 0 Å². The fourth-order valence-electron chi connectivity index (χ4n) is 1.82. The third-order valence-electron chi connectivity index (χ3n) is 2.96. The van der Waals surface area contributed by atoms with Crippen LogP contribution in [0.4, 0.5) is 0 Å². The highest BCUT2D eigenvalue weighted by molar-refractivity contribution is 9.10. The third-order valence-corrected chi connectivity index (χ3v) is 4.63. The Morgan fingerprint density at radius 1 is 1.50 bits per heavy atom. The quantitative estimate of drug-likeness (QED) is 0.166. The number of esters is 1. The van der Waals surface area contributed by atoms with Gasteiger partial charge in [0.2, 0.25) is 0 Å². The Balaban J connectivity index is 2.12. The fourth-order valence-corrected chi connectivity index (χ4v) is 3.10. The van der Waals surface area contributed by atoms with Gasteiger partial charge in [0.15, 0.2) is 16.6 Å². The van der Waals surface area contributed by atoms with Gasteiger partial charge in [0, 0.05) is 6.54 Å². The van der Waals surface area contributed by atoms with E-state index in [-0.39, 0.29) is 0 Å². The van der Waals surface area contributed by atoms with E-state index in [1.807, 2.05) is 5.38 Å². The first-order valence-corrected chi connectivity index (χ1v) is 9.44. The van der Waals surface area contributed by atoms with Gasteiger partial charge in [-0.2, -0.15) is 5.10 Å². The first kappa shape index (κ1) is 20.1. The van der Waals surface area contributed by atoms with E-state index < -0.39 is 5.97 Å². The second-order valence-electron chi connectivity index (χ2n) is 4.77. The molecule has 0 saturated heterocycles. The van der Waals surface area contributed by atoms with Crippen LogP contribution < -0.4 is 20.2 Å². The van der Waals surface area contributed by atoms with Crippen LogP contribution in [0.15, 0.2) is 51.9 Å². The molecule has 1 heterocycles. The molecule has 9 heteroatoms. The van der Waals surface area contributed by atoms with Crippen LogP contribution in [0.5, 0.6) is 11.5 Å². The lowest BCUT2D eigenvalue weighted by molar-refractivity contribution is 0.0733. The number of benzene rings is 1. The zero-order chi connectivity index (χ0) is 18.9. The number of nitrogens with one attached hydrogen (secondary N) is 2. The molecular formula is C17H16BrN3O3S2. The summed E-state index contributed by atoms with van der Waals surface area (Å²) >= 11 is 9.75. The molecule has 0 saturated carbocycles. The first-order chi connectivity index (χ1) is 12.5. The van der Waals surface area contributed by atoms with Crippen LogP contribution in [0.2, 0.25) is 0 Å². The number of hydrogen-bond donors (Lipinski definition) is 2. The van der Waals surface area contributed by atoms with Crippen molar-refractivity contribution in [1.82, 2.24) is 10.7 Å². The summed E-state index contributed by atoms with van der Waals surface area (Å²) in [6.07, 6.45) is 3.26. The van der Waals surface area contributed by atoms with E-state index in [4.69, 9.17) is 21.7 Å². The molecule has 2 aromatic rings. The van der Waals surface area contributed by atoms with E-state index in [9.17, 15) is 4.79 Å². The van der Waals surface area contributed by atoms with Crippen molar-refractivity contribution < 1.29 is 14.3 Å². The van der Waals surface area contributed by atoms with Gasteiger partial charge in [0.1, 0.15) is 4.88 Å². The van der Waals surface area contributed by atoms with Crippen LogP contribution in [0.1, 0.15) is 15.2 Å². The number of hydrazone groups is 1. The minimum atomic E-state index is -0.444. The molecular weight excluding hydrogens is 438 g/mol. The molecule has 2 rings (SSSR count). The monoisotopic (exact) mass is 453 g/mol. The van der Waals surface area contributed by atoms with Crippen molar-refractivity contribution in [1.29, 1.82) is 0 Å². The average molecular weight is 454 g/mol. The number of ether oxygens (including phenoxy) is 2. The van der Waals surface area contributed by atoms with Crippen molar-refractivity contribution >= 4 is 56.8 Å². The smallest absolute Gasteiger partial charge is 0.353 e. The van der Waals surface area contributed by atoms with Crippen LogP contribution in [-0.4, -0.2) is 31.0 Å². The van der Waals surface area contributed by atoms with E-state index in [2.05, 4.69) is 38.4 Å². The van der Waals surface area contributed by atoms with Crippen LogP contribution in [0, 0.1) is 0 Å². The molecule has 0 radical (unpaired) electrons. The number of carbonyl (C=O) groups is 1. The maximum absolute atomic E-state index is 12.2. The molecule has 0 amide bonds. The summed E-state index contributed by atoms with van der Waals surface area (Å²) in [7, 11) is 1.50. The van der Waals surface area contributed by atoms with Crippen LogP contribution >= 0.6 is 39.5 Å². The molecule has 0 atom stereocenters. The number of thiophene rings is 1. The van der Waals surface area contributed by atoms with Crippen molar-refractivity contribution in [2.75, 3.05) is 13.7 Å². The Hall–Kier alpha value is -2.23. The highest BCUT2D eigenvalue weighted by Crippen LogP contribution is 2.37. The standard InChI is InChI=1S/C17H16BrN3O3S2/c1-3-6-19-17(25)21-20-10-11-8-12(18)15(13(9-11)23-2)24-16(22)14-5-4-7-26-14/h3-5,7-10H,1,6H2,2H3,(H2,19,21,25). The molecule has 2 N–H and O–H groups in total. The van der Waals surface area contributed by atoms with Crippen LogP contribution in [-0.2, 0) is 0 Å². The molecule has 0 aliphatic rings. The topological polar surface area (TPSA) is 72.0 Å². The largest absolute Gasteiger partial charge is 0.493 e. The third kappa shape index (κ3) is 5.65. The van der Waals surface area contributed by atoms with Gasteiger partial charge in [0.05, 0.1) is 17.8 Å². The molecule has 1 aromatic heterocycles. The number of thiocarbonyl (C=S) groups is 1. The summed E-state index contributed by atoms with van der Waals surface area (Å²) in [6, 6.07) is 6.94. The number of nitrogens with zero attached hydrogens (tertiary/aromatic N) is 1. The van der Waals surface area contributed by atoms with Crippen molar-refractivity contribution in [3.05, 3.63) is 57.2 Å². The zero-order valence-electron chi connectivity index (χ0n) is 13.8. The SMILES string of the molecule is C=CCNC(=S)NN=Cc1cc(Br)c(OC(=O)c2cccs2)c(OC)c1. The van der Waals surface area contributed by atoms with Crippen LogP contribution in [0.3, 0.4) is 0 Å². The molecule has 0 bridgehead atoms. The van der Waals surface area contributed by atoms with Gasteiger partial charge < -0.3 is 14.8 Å². The highest BCUT2D eigenvalue weighted by atomic mass is 79.9. The minimum Gasteiger partial charge on any atom is -0.493 e. The molecule has 136 valence electrons. The van der Waals surface area contributed by atoms with Crippen molar-refractivity contribution in [3.63, 3.8) is 0 Å². The predicted molar refractivity (Wildman–Crippen MR) is 111 cm³/mol. The predicted octanol–water partition coefficient (Wildman–Crippen LogP) is 3.72. The van der Waals surface area contributed by atoms with Crippen molar-refractivity contribution in [2.24, 2.45) is 5.10 Å². The Morgan fingerprint density at radius 2 is 2.31 bits per heavy atom. The molecule has 0 unspecified atom stereocenters. The van der Waals surface area contributed by atoms with E-state index in [1.165, 1.54) is 18.4 Å². The first-order valence-electron chi connectivity index (χ1n) is 7.36. The fraction of sp³-hybridized carbons (Fsp3) is 0.118. The lowest BCUT2D eigenvalue weighted by Crippen LogP contribution is -2.31. The Morgan fingerprint density at radius 3 is 2.96 bits per heavy atom. The zero-order valence-corrected chi connectivity index (χ0v) is 17.0. The summed E-state index contributed by atoms with van der Waals surface area (Å²) in [5.41, 5.74) is 3.42. The summed E-state index contributed by atoms with van der Waals surface area (Å²) in [5.74, 6) is 0.262. The summed E-state index contributed by atoms with van der Waals surface area (Å²) in [4.78, 5) is 12.7. The van der Waals surface area contributed by atoms with E-state index in [0.29, 0.717) is 32.5 Å². The Kier molecular flexibility index (Phi) is 7.76. The van der Waals surface area contributed by atoms with Crippen molar-refractivity contribution in [3.8, 4) is 11.5 Å². The van der Waals surface area contributed by atoms with Gasteiger partial charge in [-0.05, 0) is 57.3 Å². The molecule has 0 spiro atoms. The van der Waals surface area contributed by atoms with E-state index in [0.717, 1.165) is 5.56 Å². The number of rotatable bonds is 7. The molecule has 0 aliphatic carbocycles. The van der Waals surface area contributed by atoms with Gasteiger partial charge in [-0.3, -0.25) is 5.43 Å². The van der Waals surface area contributed by atoms with E-state index in [1.54, 1.807) is 36.6 Å². The van der Waals surface area contributed by atoms with Gasteiger partial charge in [-0.1, -0.05) is 12.1 Å². The molecule has 1 aromatic carbocycles. The Labute approximate surface area is 169 Å². The summed E-state index contributed by atoms with van der Waals surface area (Å²) < 4.78 is 11.3. The molecule has 0 fully saturated rings. The number of carbonyl (C=O) groups excluding carboxylic acids is 1. The molecule has 26 heavy (non-hydrogen) atoms. The summed E-state index contributed by atoms with van der Waals surface area (Å²) in [5, 5.41) is 9.13. The lowest BCUT2D eigenvalue weighted by Gasteiger charge is -2.11. The van der Waals surface area contributed by atoms with Crippen molar-refractivity contribution in [2.45, 2.75) is 0 Å². The second kappa shape index (κ2) is 10.0. The normalized spacial score (nSPS) is 10.4. The van der Waals surface area contributed by atoms with E-state index >= 15 is 0 Å². The van der Waals surface area contributed by atoms with Gasteiger partial charge in [-0.15, -0.1) is 17.9 Å². The second-order valence-corrected chi connectivity index (χ2v) is 6.98. The highest BCUT2D eigenvalue weighted by Gasteiger charge is 2.17. The Bertz CT molecular complexity index is 823. The average Bonchev–Trinajstić information content (AvgIpc) is 3.16. The van der Waals surface area contributed by atoms with Gasteiger partial charge in [-0.25, -0.2) is 4.79 Å². The molecule has 6 nitrogen and oxygen atoms in total. The van der Waals surface area contributed by atoms with Gasteiger partial charge >= 0.3 is 5.97 Å². The summed E-state index contributed by atoms with van der Waals surface area (Å²) in [6.45, 7) is 4.14. The molecule has 0 aliphatic heterocycles. The number of halogens is 1. The van der Waals surface area contributed by atoms with Gasteiger partial charge in [0.25, 0.3) is 0 Å². The lowest BCUT2D eigenvalue weighted by atomic mass is 10.2. The number of methoxy groups -OCH3 is 1. The maximum Gasteiger partial charge on any atom is 0.353 e. The minimum absolute atomic E-state index is 0.305.